The summed E-state index contributed by atoms with van der Waals surface area (Å²) in [6.07, 6.45) is 11.0. The Morgan fingerprint density at radius 3 is 2.48 bits per heavy atom. The fourth-order valence-corrected chi connectivity index (χ4v) is 8.50. The van der Waals surface area contributed by atoms with Crippen molar-refractivity contribution in [1.82, 2.24) is 5.32 Å². The van der Waals surface area contributed by atoms with Crippen molar-refractivity contribution in [2.75, 3.05) is 6.54 Å². The van der Waals surface area contributed by atoms with Crippen LogP contribution in [0.15, 0.2) is 0 Å². The second-order valence-electron chi connectivity index (χ2n) is 10.6. The predicted molar refractivity (Wildman–Crippen MR) is 107 cm³/mol. The third-order valence-corrected chi connectivity index (χ3v) is 9.77. The zero-order valence-electron chi connectivity index (χ0n) is 17.4. The molecular weight excluding hydrogens is 336 g/mol. The van der Waals surface area contributed by atoms with Gasteiger partial charge in [0.05, 0.1) is 6.54 Å². The number of amides is 1. The molecule has 0 saturated heterocycles. The van der Waals surface area contributed by atoms with E-state index in [0.717, 1.165) is 24.7 Å². The van der Waals surface area contributed by atoms with Crippen LogP contribution in [0.2, 0.25) is 0 Å². The number of hydrogen-bond acceptors (Lipinski definition) is 3. The molecule has 152 valence electrons. The lowest BCUT2D eigenvalue weighted by molar-refractivity contribution is -0.142. The monoisotopic (exact) mass is 374 g/mol. The topological polar surface area (TPSA) is 72.2 Å². The van der Waals surface area contributed by atoms with E-state index < -0.39 is 0 Å². The van der Waals surface area contributed by atoms with E-state index in [4.69, 9.17) is 5.73 Å². The summed E-state index contributed by atoms with van der Waals surface area (Å²) in [5.41, 5.74) is 6.02. The first-order chi connectivity index (χ1) is 12.8. The average Bonchev–Trinajstić information content (AvgIpc) is 2.99. The minimum atomic E-state index is 0.00200. The summed E-state index contributed by atoms with van der Waals surface area (Å²) < 4.78 is 0. The molecule has 4 fully saturated rings. The zero-order valence-corrected chi connectivity index (χ0v) is 17.4. The number of carbonyl (C=O) groups is 2. The molecule has 4 nitrogen and oxygen atoms in total. The highest BCUT2D eigenvalue weighted by molar-refractivity contribution is 5.79. The van der Waals surface area contributed by atoms with Gasteiger partial charge in [0.1, 0.15) is 5.78 Å². The van der Waals surface area contributed by atoms with Crippen molar-refractivity contribution < 1.29 is 9.59 Å². The highest BCUT2D eigenvalue weighted by atomic mass is 16.2. The number of Topliss-reactive ketones (excluding diaryl/α,β-unsaturated/α-hetero) is 1. The van der Waals surface area contributed by atoms with Gasteiger partial charge in [-0.1, -0.05) is 20.3 Å². The van der Waals surface area contributed by atoms with E-state index in [-0.39, 0.29) is 35.2 Å². The quantitative estimate of drug-likeness (QED) is 0.791. The van der Waals surface area contributed by atoms with Gasteiger partial charge in [0, 0.05) is 12.0 Å². The first kappa shape index (κ1) is 19.4. The van der Waals surface area contributed by atoms with Crippen LogP contribution < -0.4 is 11.1 Å². The van der Waals surface area contributed by atoms with Gasteiger partial charge in [0.15, 0.2) is 0 Å². The molecule has 4 aliphatic carbocycles. The molecule has 1 unspecified atom stereocenters. The van der Waals surface area contributed by atoms with Crippen molar-refractivity contribution in [2.24, 2.45) is 46.2 Å². The lowest BCUT2D eigenvalue weighted by Gasteiger charge is -2.62. The van der Waals surface area contributed by atoms with E-state index in [1.165, 1.54) is 44.9 Å². The van der Waals surface area contributed by atoms with Gasteiger partial charge in [0.2, 0.25) is 5.91 Å². The number of ketones is 1. The molecule has 0 radical (unpaired) electrons. The molecule has 0 aromatic heterocycles. The second kappa shape index (κ2) is 6.86. The summed E-state index contributed by atoms with van der Waals surface area (Å²) in [5.74, 6) is 3.51. The molecule has 27 heavy (non-hydrogen) atoms. The van der Waals surface area contributed by atoms with E-state index in [1.54, 1.807) is 0 Å². The van der Waals surface area contributed by atoms with Crippen molar-refractivity contribution in [3.05, 3.63) is 0 Å². The van der Waals surface area contributed by atoms with E-state index >= 15 is 0 Å². The number of nitrogens with one attached hydrogen (secondary N) is 1. The number of carbonyl (C=O) groups excluding carboxylic acids is 2. The summed E-state index contributed by atoms with van der Waals surface area (Å²) in [6, 6.07) is 0.273. The Morgan fingerprint density at radius 1 is 1.00 bits per heavy atom. The fraction of sp³-hybridized carbons (Fsp3) is 0.913. The normalized spacial score (nSPS) is 48.9. The van der Waals surface area contributed by atoms with Gasteiger partial charge < -0.3 is 11.1 Å². The highest BCUT2D eigenvalue weighted by Crippen LogP contribution is 2.67. The van der Waals surface area contributed by atoms with Crippen molar-refractivity contribution >= 4 is 11.7 Å². The maximum atomic E-state index is 12.3. The van der Waals surface area contributed by atoms with Crippen LogP contribution in [0.1, 0.15) is 78.6 Å². The Bertz CT molecular complexity index is 619. The lowest BCUT2D eigenvalue weighted by Crippen LogP contribution is -2.62. The van der Waals surface area contributed by atoms with Crippen LogP contribution in [-0.2, 0) is 9.59 Å². The molecule has 0 heterocycles. The number of rotatable bonds is 3. The van der Waals surface area contributed by atoms with E-state index in [1.807, 2.05) is 6.92 Å². The predicted octanol–water partition coefficient (Wildman–Crippen LogP) is 3.68. The second-order valence-corrected chi connectivity index (χ2v) is 10.6. The van der Waals surface area contributed by atoms with Crippen molar-refractivity contribution in [2.45, 2.75) is 84.6 Å². The van der Waals surface area contributed by atoms with Gasteiger partial charge in [-0.3, -0.25) is 9.59 Å². The molecule has 4 heteroatoms. The maximum Gasteiger partial charge on any atom is 0.233 e. The molecule has 0 spiro atoms. The van der Waals surface area contributed by atoms with Crippen LogP contribution in [0.5, 0.6) is 0 Å². The molecule has 4 aliphatic rings. The number of nitrogens with two attached hydrogens (primary N) is 1. The third kappa shape index (κ3) is 2.81. The number of fused-ring (bicyclic) bond motifs is 5. The van der Waals surface area contributed by atoms with Crippen molar-refractivity contribution in [3.63, 3.8) is 0 Å². The Kier molecular flexibility index (Phi) is 4.93. The molecule has 0 aromatic rings. The van der Waals surface area contributed by atoms with Gasteiger partial charge in [-0.25, -0.2) is 0 Å². The van der Waals surface area contributed by atoms with Crippen LogP contribution in [-0.4, -0.2) is 24.3 Å². The van der Waals surface area contributed by atoms with Gasteiger partial charge in [-0.15, -0.1) is 0 Å². The summed E-state index contributed by atoms with van der Waals surface area (Å²) in [4.78, 5) is 24.4. The largest absolute Gasteiger partial charge is 0.352 e. The molecule has 0 aliphatic heterocycles. The standard InChI is InChI=1S/C23H38N2O2/c1-14(26)17-9-10-18-16-8-7-15-5-4-6-20(25-21(27)13-24)23(15,3)19(16)11-12-22(17,18)2/h15-20H,4-13,24H2,1-3H3,(H,25,27)/t15-,16+,17-,18+,19+,20?,22-,23+/m1/s1. The smallest absolute Gasteiger partial charge is 0.233 e. The van der Waals surface area contributed by atoms with E-state index in [9.17, 15) is 9.59 Å². The number of hydrogen-bond donors (Lipinski definition) is 2. The van der Waals surface area contributed by atoms with Crippen molar-refractivity contribution in [1.29, 1.82) is 0 Å². The van der Waals surface area contributed by atoms with E-state index in [2.05, 4.69) is 19.2 Å². The third-order valence-electron chi connectivity index (χ3n) is 9.77. The average molecular weight is 375 g/mol. The van der Waals surface area contributed by atoms with Crippen LogP contribution in [0.3, 0.4) is 0 Å². The summed E-state index contributed by atoms with van der Waals surface area (Å²) in [7, 11) is 0. The van der Waals surface area contributed by atoms with E-state index in [0.29, 0.717) is 17.6 Å². The SMILES string of the molecule is CC(=O)[C@H]1CC[C@H]2[C@@H]3CC[C@H]4CCCC(NC(=O)CN)[C@]4(C)[C@H]3CC[C@]12C. The minimum absolute atomic E-state index is 0.00200. The molecule has 1 amide bonds. The highest BCUT2D eigenvalue weighted by Gasteiger charge is 2.62. The molecule has 0 bridgehead atoms. The van der Waals surface area contributed by atoms with Crippen LogP contribution in [0, 0.1) is 40.4 Å². The lowest BCUT2D eigenvalue weighted by atomic mass is 9.43. The minimum Gasteiger partial charge on any atom is -0.352 e. The van der Waals surface area contributed by atoms with Crippen LogP contribution in [0.25, 0.3) is 0 Å². The van der Waals surface area contributed by atoms with Crippen LogP contribution in [0.4, 0.5) is 0 Å². The first-order valence-corrected chi connectivity index (χ1v) is 11.3. The molecule has 8 atom stereocenters. The summed E-state index contributed by atoms with van der Waals surface area (Å²) >= 11 is 0. The maximum absolute atomic E-state index is 12.3. The Hall–Kier alpha value is -0.900. The molecular formula is C23H38N2O2. The Labute approximate surface area is 164 Å². The van der Waals surface area contributed by atoms with Crippen LogP contribution >= 0.6 is 0 Å². The molecule has 4 rings (SSSR count). The molecule has 3 N–H and O–H groups in total. The van der Waals surface area contributed by atoms with Crippen molar-refractivity contribution in [3.8, 4) is 0 Å². The van der Waals surface area contributed by atoms with Gasteiger partial charge >= 0.3 is 0 Å². The van der Waals surface area contributed by atoms with Gasteiger partial charge in [-0.05, 0) is 92.8 Å². The summed E-state index contributed by atoms with van der Waals surface area (Å²) in [6.45, 7) is 6.79. The zero-order chi connectivity index (χ0) is 19.4. The Balaban J connectivity index is 1.63. The van der Waals surface area contributed by atoms with Gasteiger partial charge in [0.25, 0.3) is 0 Å². The molecule has 0 aromatic carbocycles. The first-order valence-electron chi connectivity index (χ1n) is 11.3. The Morgan fingerprint density at radius 2 is 1.78 bits per heavy atom. The summed E-state index contributed by atoms with van der Waals surface area (Å²) in [5, 5.41) is 3.32. The fourth-order valence-electron chi connectivity index (χ4n) is 8.50. The van der Waals surface area contributed by atoms with Gasteiger partial charge in [-0.2, -0.15) is 0 Å². The molecule has 4 saturated carbocycles.